The van der Waals surface area contributed by atoms with Crippen LogP contribution in [-0.4, -0.2) is 6.04 Å². The molecule has 0 heterocycles. The van der Waals surface area contributed by atoms with E-state index in [1.54, 1.807) is 0 Å². The Hall–Kier alpha value is -1.34. The Bertz CT molecular complexity index is 500. The zero-order valence-corrected chi connectivity index (χ0v) is 10.7. The van der Waals surface area contributed by atoms with Gasteiger partial charge in [0, 0.05) is 6.04 Å². The molecule has 90 valence electrons. The molecule has 0 aliphatic heterocycles. The lowest BCUT2D eigenvalue weighted by atomic mass is 10.0. The number of nitrogens with two attached hydrogens (primary N) is 1. The monoisotopic (exact) mass is 227 g/mol. The van der Waals surface area contributed by atoms with Crippen molar-refractivity contribution in [1.82, 2.24) is 0 Å². The van der Waals surface area contributed by atoms with Gasteiger partial charge in [0.1, 0.15) is 0 Å². The highest BCUT2D eigenvalue weighted by molar-refractivity contribution is 5.83. The first-order valence-corrected chi connectivity index (χ1v) is 6.40. The molecule has 2 rings (SSSR count). The van der Waals surface area contributed by atoms with Crippen LogP contribution in [0.4, 0.5) is 0 Å². The average molecular weight is 227 g/mol. The van der Waals surface area contributed by atoms with Crippen molar-refractivity contribution in [2.45, 2.75) is 39.2 Å². The van der Waals surface area contributed by atoms with Crippen LogP contribution >= 0.6 is 0 Å². The molecule has 0 aliphatic carbocycles. The van der Waals surface area contributed by atoms with E-state index in [-0.39, 0.29) is 0 Å². The first kappa shape index (κ1) is 12.1. The van der Waals surface area contributed by atoms with Gasteiger partial charge in [-0.1, -0.05) is 42.0 Å². The second kappa shape index (κ2) is 5.33. The van der Waals surface area contributed by atoms with E-state index in [4.69, 9.17) is 5.73 Å². The van der Waals surface area contributed by atoms with Crippen LogP contribution in [0.1, 0.15) is 30.9 Å². The summed E-state index contributed by atoms with van der Waals surface area (Å²) < 4.78 is 0. The largest absolute Gasteiger partial charge is 0.328 e. The van der Waals surface area contributed by atoms with Crippen molar-refractivity contribution >= 4 is 10.8 Å². The highest BCUT2D eigenvalue weighted by Gasteiger charge is 1.99. The summed E-state index contributed by atoms with van der Waals surface area (Å²) in [4.78, 5) is 0. The van der Waals surface area contributed by atoms with Gasteiger partial charge in [0.2, 0.25) is 0 Å². The lowest BCUT2D eigenvalue weighted by Crippen LogP contribution is -2.14. The molecule has 0 spiro atoms. The van der Waals surface area contributed by atoms with Crippen LogP contribution < -0.4 is 5.73 Å². The van der Waals surface area contributed by atoms with E-state index in [1.807, 2.05) is 0 Å². The second-order valence-electron chi connectivity index (χ2n) is 5.05. The van der Waals surface area contributed by atoms with Crippen molar-refractivity contribution in [1.29, 1.82) is 0 Å². The predicted molar refractivity (Wildman–Crippen MR) is 75.3 cm³/mol. The summed E-state index contributed by atoms with van der Waals surface area (Å²) in [7, 11) is 0. The van der Waals surface area contributed by atoms with Gasteiger partial charge in [-0.05, 0) is 49.4 Å². The van der Waals surface area contributed by atoms with Gasteiger partial charge >= 0.3 is 0 Å². The molecule has 1 heteroatoms. The maximum atomic E-state index is 5.76. The van der Waals surface area contributed by atoms with E-state index in [9.17, 15) is 0 Å². The molecule has 0 bridgehead atoms. The molecule has 1 atom stereocenters. The van der Waals surface area contributed by atoms with Crippen molar-refractivity contribution in [3.8, 4) is 0 Å². The molecule has 2 N–H and O–H groups in total. The molecule has 0 saturated heterocycles. The van der Waals surface area contributed by atoms with Crippen molar-refractivity contribution in [2.75, 3.05) is 0 Å². The normalized spacial score (nSPS) is 12.9. The number of aryl methyl sites for hydroxylation is 2. The summed E-state index contributed by atoms with van der Waals surface area (Å²) in [6.45, 7) is 4.21. The Morgan fingerprint density at radius 1 is 1.06 bits per heavy atom. The Morgan fingerprint density at radius 2 is 1.76 bits per heavy atom. The minimum Gasteiger partial charge on any atom is -0.328 e. The SMILES string of the molecule is Cc1ccc2cc(CCCC(C)N)ccc2c1. The summed E-state index contributed by atoms with van der Waals surface area (Å²) in [5.41, 5.74) is 8.50. The zero-order chi connectivity index (χ0) is 12.3. The lowest BCUT2D eigenvalue weighted by Gasteiger charge is -2.06. The van der Waals surface area contributed by atoms with Gasteiger partial charge < -0.3 is 5.73 Å². The fourth-order valence-corrected chi connectivity index (χ4v) is 2.20. The molecule has 0 fully saturated rings. The summed E-state index contributed by atoms with van der Waals surface area (Å²) >= 11 is 0. The number of rotatable bonds is 4. The maximum Gasteiger partial charge on any atom is 0.00105 e. The van der Waals surface area contributed by atoms with Crippen molar-refractivity contribution in [3.63, 3.8) is 0 Å². The van der Waals surface area contributed by atoms with Crippen molar-refractivity contribution in [2.24, 2.45) is 5.73 Å². The minimum absolute atomic E-state index is 0.318. The van der Waals surface area contributed by atoms with Gasteiger partial charge in [0.15, 0.2) is 0 Å². The number of fused-ring (bicyclic) bond motifs is 1. The Kier molecular flexibility index (Phi) is 3.80. The smallest absolute Gasteiger partial charge is 0.00105 e. The second-order valence-corrected chi connectivity index (χ2v) is 5.05. The molecule has 0 aromatic heterocycles. The van der Waals surface area contributed by atoms with Gasteiger partial charge in [-0.2, -0.15) is 0 Å². The van der Waals surface area contributed by atoms with Gasteiger partial charge in [0.25, 0.3) is 0 Å². The fraction of sp³-hybridized carbons (Fsp3) is 0.375. The maximum absolute atomic E-state index is 5.76. The third-order valence-corrected chi connectivity index (χ3v) is 3.19. The van der Waals surface area contributed by atoms with E-state index in [2.05, 4.69) is 50.2 Å². The third kappa shape index (κ3) is 3.31. The first-order chi connectivity index (χ1) is 8.15. The third-order valence-electron chi connectivity index (χ3n) is 3.19. The Labute approximate surface area is 104 Å². The molecule has 0 saturated carbocycles. The van der Waals surface area contributed by atoms with Crippen LogP contribution in [0.15, 0.2) is 36.4 Å². The Morgan fingerprint density at radius 3 is 2.53 bits per heavy atom. The van der Waals surface area contributed by atoms with Crippen LogP contribution in [0.25, 0.3) is 10.8 Å². The van der Waals surface area contributed by atoms with Crippen molar-refractivity contribution in [3.05, 3.63) is 47.5 Å². The molecule has 0 amide bonds. The van der Waals surface area contributed by atoms with Crippen LogP contribution in [0.3, 0.4) is 0 Å². The van der Waals surface area contributed by atoms with Gasteiger partial charge in [-0.3, -0.25) is 0 Å². The van der Waals surface area contributed by atoms with E-state index < -0.39 is 0 Å². The van der Waals surface area contributed by atoms with Crippen LogP contribution in [-0.2, 0) is 6.42 Å². The van der Waals surface area contributed by atoms with Crippen LogP contribution in [0.5, 0.6) is 0 Å². The van der Waals surface area contributed by atoms with Crippen LogP contribution in [0.2, 0.25) is 0 Å². The van der Waals surface area contributed by atoms with Gasteiger partial charge in [-0.15, -0.1) is 0 Å². The Balaban J connectivity index is 2.12. The van der Waals surface area contributed by atoms with E-state index in [1.165, 1.54) is 28.3 Å². The predicted octanol–water partition coefficient (Wildman–Crippen LogP) is 3.82. The average Bonchev–Trinajstić information content (AvgIpc) is 2.29. The highest BCUT2D eigenvalue weighted by Crippen LogP contribution is 2.18. The summed E-state index contributed by atoms with van der Waals surface area (Å²) in [5, 5.41) is 2.68. The molecule has 0 aliphatic rings. The fourth-order valence-electron chi connectivity index (χ4n) is 2.20. The molecular formula is C16H21N. The molecule has 0 radical (unpaired) electrons. The lowest BCUT2D eigenvalue weighted by molar-refractivity contribution is 0.624. The summed E-state index contributed by atoms with van der Waals surface area (Å²) in [5.74, 6) is 0. The first-order valence-electron chi connectivity index (χ1n) is 6.40. The minimum atomic E-state index is 0.318. The number of hydrogen-bond acceptors (Lipinski definition) is 1. The zero-order valence-electron chi connectivity index (χ0n) is 10.7. The molecule has 2 aromatic carbocycles. The molecule has 1 unspecified atom stereocenters. The molecule has 2 aromatic rings. The highest BCUT2D eigenvalue weighted by atomic mass is 14.6. The topological polar surface area (TPSA) is 26.0 Å². The van der Waals surface area contributed by atoms with Gasteiger partial charge in [0.05, 0.1) is 0 Å². The number of benzene rings is 2. The van der Waals surface area contributed by atoms with Crippen molar-refractivity contribution < 1.29 is 0 Å². The standard InChI is InChI=1S/C16H21N/c1-12-6-8-16-11-14(5-3-4-13(2)17)7-9-15(16)10-12/h6-11,13H,3-5,17H2,1-2H3. The number of hydrogen-bond donors (Lipinski definition) is 1. The van der Waals surface area contributed by atoms with E-state index >= 15 is 0 Å². The molecular weight excluding hydrogens is 206 g/mol. The van der Waals surface area contributed by atoms with E-state index in [0.717, 1.165) is 12.8 Å². The summed E-state index contributed by atoms with van der Waals surface area (Å²) in [6.07, 6.45) is 3.41. The molecule has 17 heavy (non-hydrogen) atoms. The quantitative estimate of drug-likeness (QED) is 0.844. The van der Waals surface area contributed by atoms with E-state index in [0.29, 0.717) is 6.04 Å². The van der Waals surface area contributed by atoms with Crippen LogP contribution in [0, 0.1) is 6.92 Å². The summed E-state index contributed by atoms with van der Waals surface area (Å²) in [6, 6.07) is 13.7. The van der Waals surface area contributed by atoms with Gasteiger partial charge in [-0.25, -0.2) is 0 Å². The molecule has 1 nitrogen and oxygen atoms in total.